The number of benzene rings is 2. The maximum atomic E-state index is 13.2. The highest BCUT2D eigenvalue weighted by molar-refractivity contribution is 7.89. The summed E-state index contributed by atoms with van der Waals surface area (Å²) < 4.78 is 31.7. The van der Waals surface area contributed by atoms with Crippen LogP contribution in [0.5, 0.6) is 0 Å². The van der Waals surface area contributed by atoms with Crippen LogP contribution in [0.4, 0.5) is 5.69 Å². The SMILES string of the molecule is COCc1ccccc1CNC(=O)c1cc(S(=O)(=O)N(C)C)ccc1N1CCCCC1. The summed E-state index contributed by atoms with van der Waals surface area (Å²) in [5.41, 5.74) is 3.13. The molecule has 0 aliphatic carbocycles. The van der Waals surface area contributed by atoms with Gasteiger partial charge < -0.3 is 15.0 Å². The lowest BCUT2D eigenvalue weighted by Crippen LogP contribution is -2.33. The minimum atomic E-state index is -3.64. The van der Waals surface area contributed by atoms with Gasteiger partial charge in [0, 0.05) is 46.5 Å². The Morgan fingerprint density at radius 3 is 2.39 bits per heavy atom. The van der Waals surface area contributed by atoms with Crippen LogP contribution in [0.2, 0.25) is 0 Å². The molecule has 2 aromatic rings. The molecule has 168 valence electrons. The minimum Gasteiger partial charge on any atom is -0.380 e. The van der Waals surface area contributed by atoms with Crippen LogP contribution in [0.3, 0.4) is 0 Å². The van der Waals surface area contributed by atoms with E-state index in [1.807, 2.05) is 24.3 Å². The molecule has 1 aliphatic rings. The summed E-state index contributed by atoms with van der Waals surface area (Å²) in [6.45, 7) is 2.51. The quantitative estimate of drug-likeness (QED) is 0.676. The zero-order valence-corrected chi connectivity index (χ0v) is 19.2. The summed E-state index contributed by atoms with van der Waals surface area (Å²) in [5, 5.41) is 2.97. The average Bonchev–Trinajstić information content (AvgIpc) is 2.78. The number of rotatable bonds is 8. The fraction of sp³-hybridized carbons (Fsp3) is 0.435. The van der Waals surface area contributed by atoms with Crippen molar-refractivity contribution in [1.82, 2.24) is 9.62 Å². The molecule has 2 aromatic carbocycles. The van der Waals surface area contributed by atoms with Crippen molar-refractivity contribution in [1.29, 1.82) is 0 Å². The summed E-state index contributed by atoms with van der Waals surface area (Å²) in [4.78, 5) is 15.5. The molecule has 0 spiro atoms. The summed E-state index contributed by atoms with van der Waals surface area (Å²) in [6, 6.07) is 12.6. The zero-order valence-electron chi connectivity index (χ0n) is 18.4. The molecule has 1 heterocycles. The van der Waals surface area contributed by atoms with E-state index in [0.717, 1.165) is 47.1 Å². The first-order chi connectivity index (χ1) is 14.8. The van der Waals surface area contributed by atoms with Crippen LogP contribution >= 0.6 is 0 Å². The molecule has 3 rings (SSSR count). The highest BCUT2D eigenvalue weighted by atomic mass is 32.2. The zero-order chi connectivity index (χ0) is 22.4. The van der Waals surface area contributed by atoms with Crippen molar-refractivity contribution in [3.63, 3.8) is 0 Å². The van der Waals surface area contributed by atoms with Crippen LogP contribution in [0.15, 0.2) is 47.4 Å². The van der Waals surface area contributed by atoms with Crippen molar-refractivity contribution < 1.29 is 17.9 Å². The number of carbonyl (C=O) groups excluding carboxylic acids is 1. The number of ether oxygens (including phenoxy) is 1. The molecule has 1 N–H and O–H groups in total. The van der Waals surface area contributed by atoms with Crippen LogP contribution in [0.25, 0.3) is 0 Å². The van der Waals surface area contributed by atoms with Gasteiger partial charge in [0.25, 0.3) is 5.91 Å². The van der Waals surface area contributed by atoms with Crippen LogP contribution in [0.1, 0.15) is 40.7 Å². The van der Waals surface area contributed by atoms with E-state index in [-0.39, 0.29) is 10.8 Å². The Bertz CT molecular complexity index is 1020. The fourth-order valence-electron chi connectivity index (χ4n) is 3.78. The lowest BCUT2D eigenvalue weighted by Gasteiger charge is -2.30. The molecule has 1 amide bonds. The smallest absolute Gasteiger partial charge is 0.253 e. The van der Waals surface area contributed by atoms with E-state index in [1.54, 1.807) is 19.2 Å². The van der Waals surface area contributed by atoms with Gasteiger partial charge in [0.15, 0.2) is 0 Å². The Kier molecular flexibility index (Phi) is 7.69. The monoisotopic (exact) mass is 445 g/mol. The maximum absolute atomic E-state index is 13.2. The van der Waals surface area contributed by atoms with E-state index in [9.17, 15) is 13.2 Å². The van der Waals surface area contributed by atoms with E-state index < -0.39 is 10.0 Å². The Balaban J connectivity index is 1.91. The molecular formula is C23H31N3O4S. The van der Waals surface area contributed by atoms with E-state index in [1.165, 1.54) is 26.6 Å². The standard InChI is InChI=1S/C23H31N3O4S/c1-25(2)31(28,29)20-11-12-22(26-13-7-4-8-14-26)21(15-20)23(27)24-16-18-9-5-6-10-19(18)17-30-3/h5-6,9-12,15H,4,7-8,13-14,16-17H2,1-3H3,(H,24,27). The molecule has 31 heavy (non-hydrogen) atoms. The van der Waals surface area contributed by atoms with E-state index >= 15 is 0 Å². The number of carbonyl (C=O) groups is 1. The number of sulfonamides is 1. The van der Waals surface area contributed by atoms with E-state index in [2.05, 4.69) is 10.2 Å². The third-order valence-corrected chi connectivity index (χ3v) is 7.36. The minimum absolute atomic E-state index is 0.114. The molecule has 1 aliphatic heterocycles. The van der Waals surface area contributed by atoms with Gasteiger partial charge in [-0.15, -0.1) is 0 Å². The third-order valence-electron chi connectivity index (χ3n) is 5.55. The average molecular weight is 446 g/mol. The number of piperidine rings is 1. The van der Waals surface area contributed by atoms with E-state index in [4.69, 9.17) is 4.74 Å². The molecule has 0 radical (unpaired) electrons. The number of anilines is 1. The molecule has 1 fully saturated rings. The highest BCUT2D eigenvalue weighted by Gasteiger charge is 2.24. The predicted molar refractivity (Wildman–Crippen MR) is 122 cm³/mol. The summed E-state index contributed by atoms with van der Waals surface area (Å²) >= 11 is 0. The first kappa shape index (κ1) is 23.2. The van der Waals surface area contributed by atoms with Gasteiger partial charge in [-0.25, -0.2) is 12.7 Å². The van der Waals surface area contributed by atoms with Gasteiger partial charge >= 0.3 is 0 Å². The highest BCUT2D eigenvalue weighted by Crippen LogP contribution is 2.28. The topological polar surface area (TPSA) is 78.9 Å². The first-order valence-corrected chi connectivity index (χ1v) is 11.9. The molecule has 7 nitrogen and oxygen atoms in total. The van der Waals surface area contributed by atoms with Crippen molar-refractivity contribution in [3.05, 3.63) is 59.2 Å². The lowest BCUT2D eigenvalue weighted by molar-refractivity contribution is 0.0950. The largest absolute Gasteiger partial charge is 0.380 e. The van der Waals surface area contributed by atoms with Gasteiger partial charge in [0.1, 0.15) is 0 Å². The molecule has 0 saturated carbocycles. The number of nitrogens with one attached hydrogen (secondary N) is 1. The molecule has 0 unspecified atom stereocenters. The summed E-state index contributed by atoms with van der Waals surface area (Å²) in [7, 11) is 0.966. The van der Waals surface area contributed by atoms with E-state index in [0.29, 0.717) is 18.7 Å². The Hall–Kier alpha value is -2.42. The molecule has 0 atom stereocenters. The van der Waals surface area contributed by atoms with Crippen LogP contribution in [-0.4, -0.2) is 52.9 Å². The van der Waals surface area contributed by atoms with Crippen molar-refractivity contribution in [2.45, 2.75) is 37.3 Å². The number of hydrogen-bond donors (Lipinski definition) is 1. The second-order valence-corrected chi connectivity index (χ2v) is 10.1. The molecule has 1 saturated heterocycles. The van der Waals surface area contributed by atoms with Crippen molar-refractivity contribution >= 4 is 21.6 Å². The Morgan fingerprint density at radius 2 is 1.74 bits per heavy atom. The van der Waals surface area contributed by atoms with Crippen molar-refractivity contribution in [2.24, 2.45) is 0 Å². The normalized spacial score (nSPS) is 14.6. The maximum Gasteiger partial charge on any atom is 0.253 e. The second-order valence-electron chi connectivity index (χ2n) is 7.90. The third kappa shape index (κ3) is 5.44. The van der Waals surface area contributed by atoms with Gasteiger partial charge in [-0.1, -0.05) is 24.3 Å². The lowest BCUT2D eigenvalue weighted by atomic mass is 10.1. The van der Waals surface area contributed by atoms with Crippen LogP contribution < -0.4 is 10.2 Å². The van der Waals surface area contributed by atoms with Crippen molar-refractivity contribution in [2.75, 3.05) is 39.2 Å². The number of hydrogen-bond acceptors (Lipinski definition) is 5. The number of nitrogens with zero attached hydrogens (tertiary/aromatic N) is 2. The van der Waals surface area contributed by atoms with Gasteiger partial charge in [0.05, 0.1) is 17.1 Å². The summed E-state index contributed by atoms with van der Waals surface area (Å²) in [5.74, 6) is -0.288. The van der Waals surface area contributed by atoms with Gasteiger partial charge in [0.2, 0.25) is 10.0 Å². The molecule has 0 aromatic heterocycles. The molecule has 8 heteroatoms. The molecular weight excluding hydrogens is 414 g/mol. The Morgan fingerprint density at radius 1 is 1.06 bits per heavy atom. The molecule has 0 bridgehead atoms. The second kappa shape index (κ2) is 10.3. The van der Waals surface area contributed by atoms with Crippen LogP contribution in [-0.2, 0) is 27.9 Å². The van der Waals surface area contributed by atoms with Gasteiger partial charge in [-0.2, -0.15) is 0 Å². The summed E-state index contributed by atoms with van der Waals surface area (Å²) in [6.07, 6.45) is 3.29. The predicted octanol–water partition coefficient (Wildman–Crippen LogP) is 3.00. The van der Waals surface area contributed by atoms with Gasteiger partial charge in [-0.3, -0.25) is 4.79 Å². The van der Waals surface area contributed by atoms with Gasteiger partial charge in [-0.05, 0) is 48.6 Å². The number of amides is 1. The van der Waals surface area contributed by atoms with Crippen molar-refractivity contribution in [3.8, 4) is 0 Å². The van der Waals surface area contributed by atoms with Crippen LogP contribution in [0, 0.1) is 0 Å². The Labute approximate surface area is 185 Å². The first-order valence-electron chi connectivity index (χ1n) is 10.5. The number of methoxy groups -OCH3 is 1. The fourth-order valence-corrected chi connectivity index (χ4v) is 4.70.